The summed E-state index contributed by atoms with van der Waals surface area (Å²) >= 11 is 18.9. The number of halogens is 2. The molecule has 8 heteroatoms. The molecule has 1 saturated heterocycles. The van der Waals surface area contributed by atoms with Gasteiger partial charge < -0.3 is 9.47 Å². The summed E-state index contributed by atoms with van der Waals surface area (Å²) in [6.45, 7) is 0.871. The number of thioether (sulfide) groups is 1. The fraction of sp³-hybridized carbons (Fsp3) is 0.0833. The van der Waals surface area contributed by atoms with Crippen LogP contribution >= 0.6 is 47.2 Å². The van der Waals surface area contributed by atoms with Gasteiger partial charge in [0.2, 0.25) is 0 Å². The van der Waals surface area contributed by atoms with Crippen molar-refractivity contribution in [3.8, 4) is 11.5 Å². The molecule has 0 radical (unpaired) electrons. The number of thiocarbonyl (C=S) groups is 1. The Hall–Kier alpha value is -2.51. The first kappa shape index (κ1) is 22.7. The highest BCUT2D eigenvalue weighted by Gasteiger charge is 2.34. The Kier molecular flexibility index (Phi) is 7.37. The number of hydrogen-bond donors (Lipinski definition) is 0. The van der Waals surface area contributed by atoms with E-state index in [1.807, 2.05) is 54.6 Å². The number of carbonyl (C=O) groups is 1. The molecule has 0 N–H and O–H groups in total. The van der Waals surface area contributed by atoms with Gasteiger partial charge in [-0.25, -0.2) is 0 Å². The lowest BCUT2D eigenvalue weighted by molar-refractivity contribution is -0.113. The molecule has 1 heterocycles. The van der Waals surface area contributed by atoms with Crippen LogP contribution < -0.4 is 14.4 Å². The van der Waals surface area contributed by atoms with Crippen molar-refractivity contribution in [1.82, 2.24) is 0 Å². The second-order valence-electron chi connectivity index (χ2n) is 6.69. The van der Waals surface area contributed by atoms with Crippen LogP contribution in [0.2, 0.25) is 10.0 Å². The van der Waals surface area contributed by atoms with Crippen molar-refractivity contribution in [2.45, 2.75) is 0 Å². The third-order valence-corrected chi connectivity index (χ3v) is 6.33. The Balaban J connectivity index is 1.37. The number of benzene rings is 3. The van der Waals surface area contributed by atoms with Gasteiger partial charge in [0, 0.05) is 5.02 Å². The average Bonchev–Trinajstić information content (AvgIpc) is 3.06. The molecule has 4 rings (SSSR count). The van der Waals surface area contributed by atoms with Crippen molar-refractivity contribution in [1.29, 1.82) is 0 Å². The van der Waals surface area contributed by atoms with Crippen molar-refractivity contribution >= 4 is 69.2 Å². The summed E-state index contributed by atoms with van der Waals surface area (Å²) in [6.07, 6.45) is 1.80. The van der Waals surface area contributed by atoms with Gasteiger partial charge in [-0.15, -0.1) is 0 Å². The normalized spacial score (nSPS) is 14.8. The summed E-state index contributed by atoms with van der Waals surface area (Å²) in [4.78, 5) is 14.9. The van der Waals surface area contributed by atoms with Crippen LogP contribution in [0.15, 0.2) is 77.7 Å². The Morgan fingerprint density at radius 3 is 2.22 bits per heavy atom. The third kappa shape index (κ3) is 5.45. The summed E-state index contributed by atoms with van der Waals surface area (Å²) in [5, 5.41) is 0.862. The molecule has 1 aliphatic heterocycles. The van der Waals surface area contributed by atoms with Crippen molar-refractivity contribution in [2.75, 3.05) is 18.1 Å². The van der Waals surface area contributed by atoms with Gasteiger partial charge in [-0.3, -0.25) is 9.69 Å². The number of hydrogen-bond acceptors (Lipinski definition) is 5. The molecule has 162 valence electrons. The maximum atomic E-state index is 12.9. The summed E-state index contributed by atoms with van der Waals surface area (Å²) in [7, 11) is 0. The fourth-order valence-electron chi connectivity index (χ4n) is 2.99. The predicted molar refractivity (Wildman–Crippen MR) is 136 cm³/mol. The zero-order valence-corrected chi connectivity index (χ0v) is 19.8. The maximum Gasteiger partial charge on any atom is 0.270 e. The van der Waals surface area contributed by atoms with Crippen LogP contribution in [0.1, 0.15) is 5.56 Å². The molecule has 1 fully saturated rings. The standard InChI is InChI=1S/C24H17Cl2NO3S2/c25-17-8-11-21(20(26)15-17)27-23(28)22(32-24(27)31)14-16-6-9-19(10-7-16)30-13-12-29-18-4-2-1-3-5-18/h1-11,14-15H,12-13H2/b22-14-. The highest BCUT2D eigenvalue weighted by molar-refractivity contribution is 8.27. The number of ether oxygens (including phenoxy) is 2. The highest BCUT2D eigenvalue weighted by atomic mass is 35.5. The van der Waals surface area contributed by atoms with Gasteiger partial charge in [0.25, 0.3) is 5.91 Å². The molecule has 4 nitrogen and oxygen atoms in total. The molecule has 1 aliphatic rings. The van der Waals surface area contributed by atoms with E-state index in [2.05, 4.69) is 0 Å². The van der Waals surface area contributed by atoms with Crippen molar-refractivity contribution in [2.24, 2.45) is 0 Å². The maximum absolute atomic E-state index is 12.9. The van der Waals surface area contributed by atoms with Crippen LogP contribution in [0.4, 0.5) is 5.69 Å². The minimum absolute atomic E-state index is 0.220. The molecular weight excluding hydrogens is 485 g/mol. The Bertz CT molecular complexity index is 1170. The van der Waals surface area contributed by atoms with Gasteiger partial charge in [-0.05, 0) is 54.1 Å². The molecule has 0 atom stereocenters. The second kappa shape index (κ2) is 10.4. The molecule has 0 aliphatic carbocycles. The van der Waals surface area contributed by atoms with E-state index < -0.39 is 0 Å². The van der Waals surface area contributed by atoms with Crippen LogP contribution in [0.25, 0.3) is 6.08 Å². The molecule has 0 saturated carbocycles. The van der Waals surface area contributed by atoms with Crippen LogP contribution in [0, 0.1) is 0 Å². The first-order valence-electron chi connectivity index (χ1n) is 9.65. The zero-order chi connectivity index (χ0) is 22.5. The topological polar surface area (TPSA) is 38.8 Å². The first-order chi connectivity index (χ1) is 15.5. The molecule has 0 spiro atoms. The van der Waals surface area contributed by atoms with Gasteiger partial charge >= 0.3 is 0 Å². The third-order valence-electron chi connectivity index (χ3n) is 4.49. The first-order valence-corrected chi connectivity index (χ1v) is 11.6. The van der Waals surface area contributed by atoms with Gasteiger partial charge in [0.1, 0.15) is 24.7 Å². The zero-order valence-electron chi connectivity index (χ0n) is 16.7. The van der Waals surface area contributed by atoms with Crippen molar-refractivity contribution < 1.29 is 14.3 Å². The van der Waals surface area contributed by atoms with E-state index in [-0.39, 0.29) is 5.91 Å². The van der Waals surface area contributed by atoms with Gasteiger partial charge in [0.15, 0.2) is 4.32 Å². The van der Waals surface area contributed by atoms with Crippen LogP contribution in [0.5, 0.6) is 11.5 Å². The van der Waals surface area contributed by atoms with Crippen LogP contribution in [0.3, 0.4) is 0 Å². The highest BCUT2D eigenvalue weighted by Crippen LogP contribution is 2.39. The van der Waals surface area contributed by atoms with E-state index in [1.54, 1.807) is 24.3 Å². The van der Waals surface area contributed by atoms with E-state index in [4.69, 9.17) is 44.9 Å². The monoisotopic (exact) mass is 501 g/mol. The van der Waals surface area contributed by atoms with Crippen molar-refractivity contribution in [3.63, 3.8) is 0 Å². The number of carbonyl (C=O) groups excluding carboxylic acids is 1. The molecule has 3 aromatic rings. The minimum Gasteiger partial charge on any atom is -0.490 e. The average molecular weight is 502 g/mol. The molecule has 0 unspecified atom stereocenters. The van der Waals surface area contributed by atoms with E-state index in [9.17, 15) is 4.79 Å². The lowest BCUT2D eigenvalue weighted by atomic mass is 10.2. The fourth-order valence-corrected chi connectivity index (χ4v) is 4.76. The van der Waals surface area contributed by atoms with E-state index in [0.717, 1.165) is 17.1 Å². The predicted octanol–water partition coefficient (Wildman–Crippen LogP) is 6.86. The van der Waals surface area contributed by atoms with E-state index in [1.165, 1.54) is 16.7 Å². The number of anilines is 1. The SMILES string of the molecule is O=C1/C(=C/c2ccc(OCCOc3ccccc3)cc2)SC(=S)N1c1ccc(Cl)cc1Cl. The summed E-state index contributed by atoms with van der Waals surface area (Å²) < 4.78 is 11.8. The number of nitrogens with zero attached hydrogens (tertiary/aromatic N) is 1. The summed E-state index contributed by atoms with van der Waals surface area (Å²) in [5.41, 5.74) is 1.38. The second-order valence-corrected chi connectivity index (χ2v) is 9.21. The Morgan fingerprint density at radius 1 is 0.906 bits per heavy atom. The Labute approximate surface area is 205 Å². The van der Waals surface area contributed by atoms with Crippen LogP contribution in [-0.4, -0.2) is 23.4 Å². The van der Waals surface area contributed by atoms with Gasteiger partial charge in [-0.1, -0.05) is 77.5 Å². The van der Waals surface area contributed by atoms with E-state index >= 15 is 0 Å². The molecule has 0 bridgehead atoms. The molecule has 1 amide bonds. The van der Waals surface area contributed by atoms with Crippen LogP contribution in [-0.2, 0) is 4.79 Å². The molecular formula is C24H17Cl2NO3S2. The van der Waals surface area contributed by atoms with Crippen molar-refractivity contribution in [3.05, 3.63) is 93.3 Å². The lowest BCUT2D eigenvalue weighted by Gasteiger charge is -2.16. The lowest BCUT2D eigenvalue weighted by Crippen LogP contribution is -2.27. The van der Waals surface area contributed by atoms with E-state index in [0.29, 0.717) is 38.2 Å². The summed E-state index contributed by atoms with van der Waals surface area (Å²) in [5.74, 6) is 1.31. The number of amides is 1. The summed E-state index contributed by atoms with van der Waals surface area (Å²) in [6, 6.07) is 22.0. The quantitative estimate of drug-likeness (QED) is 0.201. The number of para-hydroxylation sites is 1. The Morgan fingerprint density at radius 2 is 1.56 bits per heavy atom. The molecule has 32 heavy (non-hydrogen) atoms. The molecule has 3 aromatic carbocycles. The molecule has 0 aromatic heterocycles. The smallest absolute Gasteiger partial charge is 0.270 e. The minimum atomic E-state index is -0.220. The number of rotatable bonds is 7. The largest absolute Gasteiger partial charge is 0.490 e. The van der Waals surface area contributed by atoms with Gasteiger partial charge in [0.05, 0.1) is 15.6 Å². The van der Waals surface area contributed by atoms with Gasteiger partial charge in [-0.2, -0.15) is 0 Å².